The third-order valence-corrected chi connectivity index (χ3v) is 4.36. The summed E-state index contributed by atoms with van der Waals surface area (Å²) in [5, 5.41) is 12.0. The van der Waals surface area contributed by atoms with Crippen LogP contribution in [0.15, 0.2) is 63.8 Å². The van der Waals surface area contributed by atoms with E-state index in [1.165, 1.54) is 36.8 Å². The predicted molar refractivity (Wildman–Crippen MR) is 120 cm³/mol. The molecule has 0 saturated carbocycles. The smallest absolute Gasteiger partial charge is 0.234 e. The Morgan fingerprint density at radius 3 is 1.82 bits per heavy atom. The van der Waals surface area contributed by atoms with Crippen molar-refractivity contribution in [1.82, 2.24) is 5.43 Å². The van der Waals surface area contributed by atoms with Crippen LogP contribution in [0.25, 0.3) is 0 Å². The first kappa shape index (κ1) is 21.4. The van der Waals surface area contributed by atoms with Gasteiger partial charge in [0.05, 0.1) is 12.4 Å². The molecule has 148 valence electrons. The third-order valence-electron chi connectivity index (χ3n) is 4.36. The van der Waals surface area contributed by atoms with E-state index in [-0.39, 0.29) is 5.96 Å². The molecule has 0 saturated heterocycles. The Balaban J connectivity index is 1.80. The summed E-state index contributed by atoms with van der Waals surface area (Å²) < 4.78 is 0. The molecule has 28 heavy (non-hydrogen) atoms. The first-order valence-electron chi connectivity index (χ1n) is 10.0. The maximum atomic E-state index is 5.77. The molecule has 0 spiro atoms. The molecule has 0 aliphatic heterocycles. The fraction of sp³-hybridized carbons (Fsp3) is 0.348. The SMILES string of the molecule is CCCCc1ccc(/C=N/N=C(N)N/N=C/c2ccc(CCCC)cc2)cc1. The maximum Gasteiger partial charge on any atom is 0.234 e. The number of guanidine groups is 1. The average Bonchev–Trinajstić information content (AvgIpc) is 2.72. The van der Waals surface area contributed by atoms with Crippen molar-refractivity contribution in [2.45, 2.75) is 52.4 Å². The van der Waals surface area contributed by atoms with Crippen LogP contribution in [-0.2, 0) is 12.8 Å². The van der Waals surface area contributed by atoms with Gasteiger partial charge in [-0.2, -0.15) is 10.2 Å². The van der Waals surface area contributed by atoms with E-state index in [4.69, 9.17) is 5.73 Å². The van der Waals surface area contributed by atoms with Crippen molar-refractivity contribution in [2.75, 3.05) is 0 Å². The van der Waals surface area contributed by atoms with Gasteiger partial charge in [0, 0.05) is 0 Å². The van der Waals surface area contributed by atoms with E-state index in [1.54, 1.807) is 12.4 Å². The van der Waals surface area contributed by atoms with Crippen LogP contribution in [0.2, 0.25) is 0 Å². The summed E-state index contributed by atoms with van der Waals surface area (Å²) in [6, 6.07) is 16.7. The number of benzene rings is 2. The zero-order valence-electron chi connectivity index (χ0n) is 16.9. The summed E-state index contributed by atoms with van der Waals surface area (Å²) in [5.74, 6) is 0.145. The number of nitrogens with two attached hydrogens (primary N) is 1. The Hall–Kier alpha value is -2.95. The molecule has 2 rings (SSSR count). The van der Waals surface area contributed by atoms with Crippen LogP contribution in [0.4, 0.5) is 0 Å². The van der Waals surface area contributed by atoms with E-state index in [2.05, 4.69) is 58.8 Å². The van der Waals surface area contributed by atoms with Crippen molar-refractivity contribution in [3.63, 3.8) is 0 Å². The van der Waals surface area contributed by atoms with E-state index < -0.39 is 0 Å². The van der Waals surface area contributed by atoms with Gasteiger partial charge in [0.15, 0.2) is 0 Å². The minimum atomic E-state index is 0.145. The lowest BCUT2D eigenvalue weighted by Crippen LogP contribution is -2.26. The number of hydrazone groups is 1. The fourth-order valence-corrected chi connectivity index (χ4v) is 2.66. The number of hydrogen-bond donors (Lipinski definition) is 2. The van der Waals surface area contributed by atoms with Gasteiger partial charge >= 0.3 is 0 Å². The summed E-state index contributed by atoms with van der Waals surface area (Å²) >= 11 is 0. The number of hydrogen-bond acceptors (Lipinski definition) is 3. The zero-order chi connectivity index (χ0) is 20.0. The highest BCUT2D eigenvalue weighted by molar-refractivity contribution is 5.84. The number of nitrogens with one attached hydrogen (secondary N) is 1. The summed E-state index contributed by atoms with van der Waals surface area (Å²) in [6.45, 7) is 4.40. The molecule has 0 aliphatic rings. The van der Waals surface area contributed by atoms with Crippen molar-refractivity contribution in [2.24, 2.45) is 21.0 Å². The second kappa shape index (κ2) is 12.4. The molecule has 5 nitrogen and oxygen atoms in total. The largest absolute Gasteiger partial charge is 0.367 e. The molecule has 0 aromatic heterocycles. The van der Waals surface area contributed by atoms with Gasteiger partial charge in [0.1, 0.15) is 0 Å². The van der Waals surface area contributed by atoms with Gasteiger partial charge in [-0.15, -0.1) is 5.10 Å². The number of unbranched alkanes of at least 4 members (excludes halogenated alkanes) is 2. The third kappa shape index (κ3) is 8.16. The Morgan fingerprint density at radius 1 is 0.821 bits per heavy atom. The van der Waals surface area contributed by atoms with Crippen LogP contribution in [-0.4, -0.2) is 18.4 Å². The quantitative estimate of drug-likeness (QED) is 0.359. The van der Waals surface area contributed by atoms with Gasteiger partial charge in [-0.25, -0.2) is 5.43 Å². The summed E-state index contributed by atoms with van der Waals surface area (Å²) in [7, 11) is 0. The van der Waals surface area contributed by atoms with E-state index in [1.807, 2.05) is 24.3 Å². The maximum absolute atomic E-state index is 5.77. The molecule has 0 radical (unpaired) electrons. The normalized spacial score (nSPS) is 12.1. The number of nitrogens with zero attached hydrogens (tertiary/aromatic N) is 3. The standard InChI is InChI=1S/C23H31N5/c1-3-5-7-19-9-13-21(14-10-19)17-25-27-23(24)28-26-18-22-15-11-20(12-16-22)8-6-4-2/h9-18H,3-8H2,1-2H3,(H3,24,27,28)/b25-17+,26-18+. The van der Waals surface area contributed by atoms with Crippen molar-refractivity contribution in [3.8, 4) is 0 Å². The molecule has 0 atom stereocenters. The molecule has 5 heteroatoms. The van der Waals surface area contributed by atoms with Gasteiger partial charge < -0.3 is 5.73 Å². The molecule has 3 N–H and O–H groups in total. The minimum absolute atomic E-state index is 0.145. The monoisotopic (exact) mass is 377 g/mol. The van der Waals surface area contributed by atoms with Crippen molar-refractivity contribution in [1.29, 1.82) is 0 Å². The minimum Gasteiger partial charge on any atom is -0.367 e. The zero-order valence-corrected chi connectivity index (χ0v) is 16.9. The van der Waals surface area contributed by atoms with Crippen LogP contribution in [0, 0.1) is 0 Å². The average molecular weight is 378 g/mol. The van der Waals surface area contributed by atoms with Gasteiger partial charge in [0.25, 0.3) is 0 Å². The summed E-state index contributed by atoms with van der Waals surface area (Å²) in [4.78, 5) is 0. The van der Waals surface area contributed by atoms with Crippen LogP contribution in [0.3, 0.4) is 0 Å². The molecule has 0 amide bonds. The van der Waals surface area contributed by atoms with Gasteiger partial charge in [-0.05, 0) is 47.9 Å². The Morgan fingerprint density at radius 2 is 1.32 bits per heavy atom. The Kier molecular flexibility index (Phi) is 9.49. The van der Waals surface area contributed by atoms with Crippen LogP contribution in [0.1, 0.15) is 61.8 Å². The Labute approximate surface area is 168 Å². The lowest BCUT2D eigenvalue weighted by atomic mass is 10.1. The molecule has 2 aromatic carbocycles. The number of rotatable bonds is 10. The molecular weight excluding hydrogens is 346 g/mol. The van der Waals surface area contributed by atoms with Crippen molar-refractivity contribution >= 4 is 18.4 Å². The highest BCUT2D eigenvalue weighted by Gasteiger charge is 1.94. The molecule has 0 fully saturated rings. The van der Waals surface area contributed by atoms with E-state index >= 15 is 0 Å². The van der Waals surface area contributed by atoms with Crippen LogP contribution < -0.4 is 11.2 Å². The van der Waals surface area contributed by atoms with Gasteiger partial charge in [0.2, 0.25) is 5.96 Å². The van der Waals surface area contributed by atoms with Gasteiger partial charge in [-0.3, -0.25) is 0 Å². The summed E-state index contributed by atoms with van der Waals surface area (Å²) in [6.07, 6.45) is 10.5. The first-order valence-corrected chi connectivity index (χ1v) is 10.0. The topological polar surface area (TPSA) is 75.1 Å². The van der Waals surface area contributed by atoms with Gasteiger partial charge in [-0.1, -0.05) is 75.2 Å². The van der Waals surface area contributed by atoms with Crippen molar-refractivity contribution < 1.29 is 0 Å². The van der Waals surface area contributed by atoms with Crippen molar-refractivity contribution in [3.05, 3.63) is 70.8 Å². The summed E-state index contributed by atoms with van der Waals surface area (Å²) in [5.41, 5.74) is 13.1. The van der Waals surface area contributed by atoms with E-state index in [9.17, 15) is 0 Å². The number of aryl methyl sites for hydroxylation is 2. The lowest BCUT2D eigenvalue weighted by Gasteiger charge is -2.00. The highest BCUT2D eigenvalue weighted by Crippen LogP contribution is 2.07. The lowest BCUT2D eigenvalue weighted by molar-refractivity contribution is 0.795. The molecule has 2 aromatic rings. The van der Waals surface area contributed by atoms with E-state index in [0.29, 0.717) is 0 Å². The first-order chi connectivity index (χ1) is 13.7. The molecule has 0 aliphatic carbocycles. The Bertz CT molecular complexity index is 774. The van der Waals surface area contributed by atoms with Crippen LogP contribution in [0.5, 0.6) is 0 Å². The van der Waals surface area contributed by atoms with Crippen LogP contribution >= 0.6 is 0 Å². The predicted octanol–water partition coefficient (Wildman–Crippen LogP) is 4.64. The molecule has 0 heterocycles. The van der Waals surface area contributed by atoms with E-state index in [0.717, 1.165) is 24.0 Å². The molecular formula is C23H31N5. The second-order valence-electron chi connectivity index (χ2n) is 6.79. The molecule has 0 bridgehead atoms. The highest BCUT2D eigenvalue weighted by atomic mass is 15.4. The fourth-order valence-electron chi connectivity index (χ4n) is 2.66. The molecule has 0 unspecified atom stereocenters. The second-order valence-corrected chi connectivity index (χ2v) is 6.79.